The number of rotatable bonds is 4. The average Bonchev–Trinajstić information content (AvgIpc) is 2.96. The molecule has 9 heteroatoms. The first kappa shape index (κ1) is 16.3. The molecule has 0 atom stereocenters. The molecule has 124 valence electrons. The van der Waals surface area contributed by atoms with Crippen LogP contribution in [0.5, 0.6) is 0 Å². The maximum atomic E-state index is 13.6. The quantitative estimate of drug-likeness (QED) is 0.694. The Hall–Kier alpha value is -2.52. The van der Waals surface area contributed by atoms with Crippen molar-refractivity contribution in [1.82, 2.24) is 10.4 Å². The SMILES string of the molecule is CS(=O)(=O)c1ccccc1C(=O)NNc1nc2c(F)cccc2s1. The van der Waals surface area contributed by atoms with Gasteiger partial charge in [0.25, 0.3) is 5.91 Å². The van der Waals surface area contributed by atoms with E-state index in [2.05, 4.69) is 15.8 Å². The molecule has 0 saturated heterocycles. The predicted octanol–water partition coefficient (Wildman–Crippen LogP) is 2.60. The highest BCUT2D eigenvalue weighted by Crippen LogP contribution is 2.27. The minimum atomic E-state index is -3.54. The lowest BCUT2D eigenvalue weighted by Crippen LogP contribution is -2.30. The molecule has 0 aliphatic rings. The number of benzene rings is 2. The molecule has 1 aromatic heterocycles. The number of hydrogen-bond acceptors (Lipinski definition) is 6. The maximum absolute atomic E-state index is 13.6. The molecule has 2 aromatic carbocycles. The fraction of sp³-hybridized carbons (Fsp3) is 0.0667. The van der Waals surface area contributed by atoms with E-state index in [0.717, 1.165) is 17.6 Å². The molecule has 3 aromatic rings. The van der Waals surface area contributed by atoms with Gasteiger partial charge in [0, 0.05) is 6.26 Å². The van der Waals surface area contributed by atoms with Gasteiger partial charge in [-0.2, -0.15) is 0 Å². The van der Waals surface area contributed by atoms with E-state index in [-0.39, 0.29) is 16.0 Å². The molecule has 0 fully saturated rings. The fourth-order valence-electron chi connectivity index (χ4n) is 2.12. The van der Waals surface area contributed by atoms with Crippen LogP contribution in [0.3, 0.4) is 0 Å². The molecule has 1 heterocycles. The molecule has 0 aliphatic heterocycles. The van der Waals surface area contributed by atoms with Gasteiger partial charge in [-0.3, -0.25) is 15.6 Å². The number of amides is 1. The summed E-state index contributed by atoms with van der Waals surface area (Å²) in [5.41, 5.74) is 5.18. The van der Waals surface area contributed by atoms with Crippen molar-refractivity contribution in [3.63, 3.8) is 0 Å². The highest BCUT2D eigenvalue weighted by Gasteiger charge is 2.18. The van der Waals surface area contributed by atoms with Gasteiger partial charge < -0.3 is 0 Å². The molecule has 0 bridgehead atoms. The van der Waals surface area contributed by atoms with Gasteiger partial charge in [-0.25, -0.2) is 17.8 Å². The van der Waals surface area contributed by atoms with E-state index in [1.807, 2.05) is 0 Å². The van der Waals surface area contributed by atoms with Gasteiger partial charge in [0.15, 0.2) is 9.84 Å². The van der Waals surface area contributed by atoms with Crippen molar-refractivity contribution in [2.45, 2.75) is 4.90 Å². The standard InChI is InChI=1S/C15H12FN3O3S2/c1-24(21,22)12-8-3-2-5-9(12)14(20)18-19-15-17-13-10(16)6-4-7-11(13)23-15/h2-8H,1H3,(H,17,19)(H,18,20). The first-order valence-corrected chi connectivity index (χ1v) is 9.47. The third-order valence-corrected chi connectivity index (χ3v) is 5.27. The molecule has 0 saturated carbocycles. The number of aromatic nitrogens is 1. The average molecular weight is 365 g/mol. The van der Waals surface area contributed by atoms with Crippen LogP contribution in [-0.2, 0) is 9.84 Å². The van der Waals surface area contributed by atoms with Crippen molar-refractivity contribution in [1.29, 1.82) is 0 Å². The number of anilines is 1. The van der Waals surface area contributed by atoms with Crippen LogP contribution < -0.4 is 10.9 Å². The van der Waals surface area contributed by atoms with Gasteiger partial charge >= 0.3 is 0 Å². The minimum Gasteiger partial charge on any atom is -0.273 e. The van der Waals surface area contributed by atoms with E-state index in [1.165, 1.54) is 24.3 Å². The van der Waals surface area contributed by atoms with Crippen molar-refractivity contribution in [3.05, 3.63) is 53.8 Å². The summed E-state index contributed by atoms with van der Waals surface area (Å²) in [7, 11) is -3.54. The Morgan fingerprint density at radius 1 is 1.17 bits per heavy atom. The Bertz CT molecular complexity index is 1030. The van der Waals surface area contributed by atoms with Gasteiger partial charge in [-0.15, -0.1) is 0 Å². The van der Waals surface area contributed by atoms with Crippen molar-refractivity contribution >= 4 is 42.4 Å². The van der Waals surface area contributed by atoms with Gasteiger partial charge in [0.2, 0.25) is 5.13 Å². The van der Waals surface area contributed by atoms with Gasteiger partial charge in [0.1, 0.15) is 11.3 Å². The maximum Gasteiger partial charge on any atom is 0.270 e. The van der Waals surface area contributed by atoms with Crippen LogP contribution in [0, 0.1) is 5.82 Å². The van der Waals surface area contributed by atoms with E-state index in [9.17, 15) is 17.6 Å². The topological polar surface area (TPSA) is 88.2 Å². The number of halogens is 1. The first-order chi connectivity index (χ1) is 11.4. The summed E-state index contributed by atoms with van der Waals surface area (Å²) in [5.74, 6) is -1.08. The molecular weight excluding hydrogens is 353 g/mol. The predicted molar refractivity (Wildman–Crippen MR) is 90.2 cm³/mol. The summed E-state index contributed by atoms with van der Waals surface area (Å²) in [6.07, 6.45) is 1.03. The molecule has 0 unspecified atom stereocenters. The zero-order valence-corrected chi connectivity index (χ0v) is 14.0. The van der Waals surface area contributed by atoms with E-state index in [0.29, 0.717) is 9.83 Å². The number of para-hydroxylation sites is 1. The van der Waals surface area contributed by atoms with Crippen LogP contribution in [-0.4, -0.2) is 25.6 Å². The smallest absolute Gasteiger partial charge is 0.270 e. The third kappa shape index (κ3) is 3.22. The lowest BCUT2D eigenvalue weighted by molar-refractivity contribution is 0.0959. The lowest BCUT2D eigenvalue weighted by Gasteiger charge is -2.08. The Labute approximate surface area is 141 Å². The normalized spacial score (nSPS) is 11.4. The second kappa shape index (κ2) is 6.17. The molecule has 0 aliphatic carbocycles. The van der Waals surface area contributed by atoms with Crippen LogP contribution in [0.1, 0.15) is 10.4 Å². The monoisotopic (exact) mass is 365 g/mol. The highest BCUT2D eigenvalue weighted by atomic mass is 32.2. The number of hydrazine groups is 1. The number of carbonyl (C=O) groups is 1. The number of nitrogens with one attached hydrogen (secondary N) is 2. The van der Waals surface area contributed by atoms with Crippen molar-refractivity contribution in [3.8, 4) is 0 Å². The van der Waals surface area contributed by atoms with Crippen molar-refractivity contribution < 1.29 is 17.6 Å². The van der Waals surface area contributed by atoms with E-state index in [1.54, 1.807) is 18.2 Å². The Morgan fingerprint density at radius 2 is 1.92 bits per heavy atom. The molecule has 3 rings (SSSR count). The fourth-order valence-corrected chi connectivity index (χ4v) is 3.84. The zero-order chi connectivity index (χ0) is 17.3. The number of carbonyl (C=O) groups excluding carboxylic acids is 1. The summed E-state index contributed by atoms with van der Waals surface area (Å²) in [5, 5.41) is 0.292. The number of hydrogen-bond donors (Lipinski definition) is 2. The molecule has 0 spiro atoms. The number of thiazole rings is 1. The summed E-state index contributed by atoms with van der Waals surface area (Å²) in [6, 6.07) is 10.5. The van der Waals surface area contributed by atoms with Crippen LogP contribution in [0.15, 0.2) is 47.4 Å². The number of sulfone groups is 1. The number of fused-ring (bicyclic) bond motifs is 1. The largest absolute Gasteiger partial charge is 0.273 e. The Morgan fingerprint density at radius 3 is 2.62 bits per heavy atom. The van der Waals surface area contributed by atoms with Gasteiger partial charge in [0.05, 0.1) is 15.2 Å². The second-order valence-electron chi connectivity index (χ2n) is 4.95. The highest BCUT2D eigenvalue weighted by molar-refractivity contribution is 7.90. The molecule has 2 N–H and O–H groups in total. The molecular formula is C15H12FN3O3S2. The molecule has 1 amide bonds. The summed E-state index contributed by atoms with van der Waals surface area (Å²) in [4.78, 5) is 16.2. The zero-order valence-electron chi connectivity index (χ0n) is 12.4. The van der Waals surface area contributed by atoms with E-state index < -0.39 is 21.6 Å². The van der Waals surface area contributed by atoms with E-state index in [4.69, 9.17) is 0 Å². The van der Waals surface area contributed by atoms with E-state index >= 15 is 0 Å². The first-order valence-electron chi connectivity index (χ1n) is 6.77. The molecule has 24 heavy (non-hydrogen) atoms. The minimum absolute atomic E-state index is 0.0137. The van der Waals surface area contributed by atoms with Gasteiger partial charge in [-0.1, -0.05) is 29.5 Å². The lowest BCUT2D eigenvalue weighted by atomic mass is 10.2. The van der Waals surface area contributed by atoms with Crippen LogP contribution >= 0.6 is 11.3 Å². The Kier molecular flexibility index (Phi) is 4.20. The van der Waals surface area contributed by atoms with Gasteiger partial charge in [-0.05, 0) is 24.3 Å². The van der Waals surface area contributed by atoms with Crippen LogP contribution in [0.4, 0.5) is 9.52 Å². The molecule has 6 nitrogen and oxygen atoms in total. The van der Waals surface area contributed by atoms with Crippen LogP contribution in [0.25, 0.3) is 10.2 Å². The molecule has 0 radical (unpaired) electrons. The summed E-state index contributed by atoms with van der Waals surface area (Å²) < 4.78 is 37.7. The summed E-state index contributed by atoms with van der Waals surface area (Å²) >= 11 is 1.16. The van der Waals surface area contributed by atoms with Crippen molar-refractivity contribution in [2.75, 3.05) is 11.7 Å². The summed E-state index contributed by atoms with van der Waals surface area (Å²) in [6.45, 7) is 0. The second-order valence-corrected chi connectivity index (χ2v) is 7.97. The van der Waals surface area contributed by atoms with Crippen LogP contribution in [0.2, 0.25) is 0 Å². The third-order valence-electron chi connectivity index (χ3n) is 3.18. The van der Waals surface area contributed by atoms with Crippen molar-refractivity contribution in [2.24, 2.45) is 0 Å². The Balaban J connectivity index is 1.82. The number of nitrogens with zero attached hydrogens (tertiary/aromatic N) is 1.